The summed E-state index contributed by atoms with van der Waals surface area (Å²) in [6.45, 7) is 3.87. The van der Waals surface area contributed by atoms with Crippen molar-refractivity contribution in [1.29, 1.82) is 0 Å². The van der Waals surface area contributed by atoms with Crippen molar-refractivity contribution in [2.75, 3.05) is 45.8 Å². The second-order valence-electron chi connectivity index (χ2n) is 6.84. The lowest BCUT2D eigenvalue weighted by Crippen LogP contribution is -2.68. The summed E-state index contributed by atoms with van der Waals surface area (Å²) >= 11 is 1.79. The summed E-state index contributed by atoms with van der Waals surface area (Å²) in [6.07, 6.45) is 7.23. The molecule has 2 rings (SSSR count). The van der Waals surface area contributed by atoms with Gasteiger partial charge in [-0.3, -0.25) is 4.79 Å². The molecule has 2 N–H and O–H groups in total. The summed E-state index contributed by atoms with van der Waals surface area (Å²) < 4.78 is 5.91. The highest BCUT2D eigenvalue weighted by Crippen LogP contribution is 2.57. The Morgan fingerprint density at radius 3 is 2.71 bits per heavy atom. The van der Waals surface area contributed by atoms with Crippen molar-refractivity contribution in [1.82, 2.24) is 15.5 Å². The predicted octanol–water partition coefficient (Wildman–Crippen LogP) is 1.32. The van der Waals surface area contributed by atoms with Gasteiger partial charge in [0.15, 0.2) is 5.96 Å². The number of nitrogens with zero attached hydrogens (tertiary/aromatic N) is 2. The first-order valence-electron chi connectivity index (χ1n) is 8.89. The molecule has 0 saturated heterocycles. The molecule has 138 valence electrons. The number of likely N-dealkylation sites (N-methyl/N-ethyl adjacent to an activating group) is 1. The van der Waals surface area contributed by atoms with Crippen LogP contribution in [0.15, 0.2) is 4.99 Å². The van der Waals surface area contributed by atoms with Gasteiger partial charge >= 0.3 is 0 Å². The minimum atomic E-state index is 0.0140. The van der Waals surface area contributed by atoms with Crippen LogP contribution < -0.4 is 10.6 Å². The monoisotopic (exact) mass is 356 g/mol. The topological polar surface area (TPSA) is 66.0 Å². The summed E-state index contributed by atoms with van der Waals surface area (Å²) in [5.41, 5.74) is 0.281. The minimum Gasteiger partial charge on any atom is -0.378 e. The van der Waals surface area contributed by atoms with E-state index in [1.165, 1.54) is 19.3 Å². The normalized spacial score (nSPS) is 24.9. The zero-order valence-electron chi connectivity index (χ0n) is 15.4. The van der Waals surface area contributed by atoms with E-state index in [0.29, 0.717) is 12.1 Å². The van der Waals surface area contributed by atoms with Gasteiger partial charge in [0, 0.05) is 44.5 Å². The third kappa shape index (κ3) is 4.36. The number of guanidine groups is 1. The number of amides is 1. The first-order chi connectivity index (χ1) is 11.5. The SMILES string of the molecule is CCOC1CC(NC(=NCC(=O)N(C)C)NCCSC)C12CCC2. The van der Waals surface area contributed by atoms with Crippen LogP contribution in [0.2, 0.25) is 0 Å². The van der Waals surface area contributed by atoms with Gasteiger partial charge in [-0.2, -0.15) is 11.8 Å². The van der Waals surface area contributed by atoms with Crippen molar-refractivity contribution in [2.24, 2.45) is 10.4 Å². The van der Waals surface area contributed by atoms with E-state index >= 15 is 0 Å². The van der Waals surface area contributed by atoms with E-state index < -0.39 is 0 Å². The number of thioether (sulfide) groups is 1. The van der Waals surface area contributed by atoms with Crippen molar-refractivity contribution in [3.05, 3.63) is 0 Å². The van der Waals surface area contributed by atoms with Gasteiger partial charge in [-0.1, -0.05) is 6.42 Å². The van der Waals surface area contributed by atoms with Gasteiger partial charge in [0.2, 0.25) is 5.91 Å². The molecule has 1 amide bonds. The van der Waals surface area contributed by atoms with E-state index in [2.05, 4.69) is 28.8 Å². The van der Waals surface area contributed by atoms with Gasteiger partial charge in [-0.05, 0) is 32.4 Å². The summed E-state index contributed by atoms with van der Waals surface area (Å²) in [5.74, 6) is 1.78. The zero-order chi connectivity index (χ0) is 17.6. The molecule has 0 heterocycles. The third-order valence-electron chi connectivity index (χ3n) is 5.22. The summed E-state index contributed by atoms with van der Waals surface area (Å²) in [5, 5.41) is 6.92. The van der Waals surface area contributed by atoms with Crippen LogP contribution in [0, 0.1) is 5.41 Å². The van der Waals surface area contributed by atoms with E-state index in [1.54, 1.807) is 30.8 Å². The number of hydrogen-bond donors (Lipinski definition) is 2. The van der Waals surface area contributed by atoms with Gasteiger partial charge in [0.25, 0.3) is 0 Å². The first-order valence-corrected chi connectivity index (χ1v) is 10.3. The number of carbonyl (C=O) groups excluding carboxylic acids is 1. The number of rotatable bonds is 8. The van der Waals surface area contributed by atoms with Crippen molar-refractivity contribution in [2.45, 2.75) is 44.8 Å². The molecule has 2 aliphatic rings. The van der Waals surface area contributed by atoms with Crippen molar-refractivity contribution in [3.8, 4) is 0 Å². The van der Waals surface area contributed by atoms with Gasteiger partial charge in [0.1, 0.15) is 6.54 Å². The Morgan fingerprint density at radius 2 is 2.17 bits per heavy atom. The lowest BCUT2D eigenvalue weighted by molar-refractivity contribution is -0.168. The molecule has 0 aromatic heterocycles. The summed E-state index contributed by atoms with van der Waals surface area (Å²) in [6, 6.07) is 0.401. The fourth-order valence-electron chi connectivity index (χ4n) is 3.52. The molecular weight excluding hydrogens is 324 g/mol. The third-order valence-corrected chi connectivity index (χ3v) is 5.83. The van der Waals surface area contributed by atoms with E-state index in [0.717, 1.165) is 31.3 Å². The smallest absolute Gasteiger partial charge is 0.243 e. The maximum Gasteiger partial charge on any atom is 0.243 e. The molecule has 2 atom stereocenters. The Morgan fingerprint density at radius 1 is 1.42 bits per heavy atom. The molecule has 0 aromatic carbocycles. The van der Waals surface area contributed by atoms with Crippen LogP contribution in [0.4, 0.5) is 0 Å². The number of aliphatic imine (C=N–C) groups is 1. The quantitative estimate of drug-likeness (QED) is 0.390. The molecule has 2 aliphatic carbocycles. The number of nitrogens with one attached hydrogen (secondary N) is 2. The first kappa shape index (κ1) is 19.4. The molecule has 24 heavy (non-hydrogen) atoms. The molecular formula is C17H32N4O2S. The fraction of sp³-hybridized carbons (Fsp3) is 0.882. The Hall–Kier alpha value is -0.950. The maximum atomic E-state index is 11.8. The predicted molar refractivity (Wildman–Crippen MR) is 101 cm³/mol. The number of hydrogen-bond acceptors (Lipinski definition) is 4. The fourth-order valence-corrected chi connectivity index (χ4v) is 3.82. The van der Waals surface area contributed by atoms with Gasteiger partial charge in [0.05, 0.1) is 6.10 Å². The lowest BCUT2D eigenvalue weighted by Gasteiger charge is -2.61. The van der Waals surface area contributed by atoms with E-state index in [9.17, 15) is 4.79 Å². The van der Waals surface area contributed by atoms with Crippen LogP contribution in [0.3, 0.4) is 0 Å². The second-order valence-corrected chi connectivity index (χ2v) is 7.82. The van der Waals surface area contributed by atoms with Crippen LogP contribution >= 0.6 is 11.8 Å². The lowest BCUT2D eigenvalue weighted by atomic mass is 9.51. The molecule has 0 aromatic rings. The standard InChI is InChI=1S/C17H32N4O2S/c1-5-23-14-11-13(17(14)7-6-8-17)20-16(18-9-10-24-4)19-12-15(22)21(2)3/h13-14H,5-12H2,1-4H3,(H2,18,19,20). The maximum absolute atomic E-state index is 11.8. The molecule has 0 radical (unpaired) electrons. The van der Waals surface area contributed by atoms with Crippen LogP contribution in [-0.4, -0.2) is 74.7 Å². The number of carbonyl (C=O) groups is 1. The molecule has 0 aliphatic heterocycles. The zero-order valence-corrected chi connectivity index (χ0v) is 16.2. The largest absolute Gasteiger partial charge is 0.378 e. The van der Waals surface area contributed by atoms with Gasteiger partial charge in [-0.15, -0.1) is 0 Å². The molecule has 1 spiro atoms. The van der Waals surface area contributed by atoms with Gasteiger partial charge in [-0.25, -0.2) is 4.99 Å². The van der Waals surface area contributed by atoms with Crippen molar-refractivity contribution >= 4 is 23.6 Å². The second kappa shape index (κ2) is 8.94. The molecule has 2 saturated carbocycles. The molecule has 6 nitrogen and oxygen atoms in total. The van der Waals surface area contributed by atoms with Crippen LogP contribution in [0.1, 0.15) is 32.6 Å². The summed E-state index contributed by atoms with van der Waals surface area (Å²) in [4.78, 5) is 17.9. The Balaban J connectivity index is 1.94. The average molecular weight is 357 g/mol. The highest BCUT2D eigenvalue weighted by Gasteiger charge is 2.59. The van der Waals surface area contributed by atoms with Crippen LogP contribution in [0.5, 0.6) is 0 Å². The van der Waals surface area contributed by atoms with Crippen molar-refractivity contribution < 1.29 is 9.53 Å². The Bertz CT molecular complexity index is 452. The Kier molecular flexibility index (Phi) is 7.22. The van der Waals surface area contributed by atoms with E-state index in [4.69, 9.17) is 4.74 Å². The highest BCUT2D eigenvalue weighted by molar-refractivity contribution is 7.98. The van der Waals surface area contributed by atoms with E-state index in [-0.39, 0.29) is 17.9 Å². The summed E-state index contributed by atoms with van der Waals surface area (Å²) in [7, 11) is 3.52. The molecule has 7 heteroatoms. The average Bonchev–Trinajstić information content (AvgIpc) is 2.48. The molecule has 0 bridgehead atoms. The molecule has 2 fully saturated rings. The van der Waals surface area contributed by atoms with Gasteiger partial charge < -0.3 is 20.3 Å². The van der Waals surface area contributed by atoms with E-state index in [1.807, 2.05) is 0 Å². The van der Waals surface area contributed by atoms with Crippen LogP contribution in [0.25, 0.3) is 0 Å². The highest BCUT2D eigenvalue weighted by atomic mass is 32.2. The van der Waals surface area contributed by atoms with Crippen molar-refractivity contribution in [3.63, 3.8) is 0 Å². The van der Waals surface area contributed by atoms with Crippen LogP contribution in [-0.2, 0) is 9.53 Å². The number of ether oxygens (including phenoxy) is 1. The minimum absolute atomic E-state index is 0.0140. The molecule has 2 unspecified atom stereocenters. The Labute approximate surface area is 150 Å².